The molecule has 1 heterocycles. The maximum absolute atomic E-state index is 6.05. The van der Waals surface area contributed by atoms with Crippen LogP contribution in [0.2, 0.25) is 10.0 Å². The Morgan fingerprint density at radius 1 is 1.33 bits per heavy atom. The summed E-state index contributed by atoms with van der Waals surface area (Å²) in [6.07, 6.45) is 0. The summed E-state index contributed by atoms with van der Waals surface area (Å²) in [5.41, 5.74) is 0.819. The number of hydrogen-bond acceptors (Lipinski definition) is 5. The molecule has 0 unspecified atom stereocenters. The summed E-state index contributed by atoms with van der Waals surface area (Å²) in [5.74, 6) is 0. The van der Waals surface area contributed by atoms with Crippen molar-refractivity contribution >= 4 is 45.6 Å². The second-order valence-corrected chi connectivity index (χ2v) is 4.35. The Labute approximate surface area is 101 Å². The molecule has 0 aliphatic carbocycles. The molecule has 15 heavy (non-hydrogen) atoms. The lowest BCUT2D eigenvalue weighted by atomic mass is 10.3. The molecule has 4 nitrogen and oxygen atoms in total. The SMILES string of the molecule is CN(c1nnns1)c1ccc(Cl)cc1Cl. The van der Waals surface area contributed by atoms with Crippen LogP contribution in [-0.2, 0) is 0 Å². The smallest absolute Gasteiger partial charge is 0.232 e. The van der Waals surface area contributed by atoms with E-state index in [1.807, 2.05) is 18.0 Å². The molecule has 2 rings (SSSR count). The molecule has 0 atom stereocenters. The van der Waals surface area contributed by atoms with Gasteiger partial charge in [0.1, 0.15) is 0 Å². The molecule has 7 heteroatoms. The number of rotatable bonds is 2. The summed E-state index contributed by atoms with van der Waals surface area (Å²) >= 11 is 13.1. The standard InChI is InChI=1S/C8H6Cl2N4S/c1-14(8-11-12-13-15-8)7-3-2-5(9)4-6(7)10/h2-4H,1H3. The van der Waals surface area contributed by atoms with Crippen molar-refractivity contribution in [2.24, 2.45) is 0 Å². The van der Waals surface area contributed by atoms with Crippen LogP contribution in [0.4, 0.5) is 10.8 Å². The number of nitrogens with zero attached hydrogens (tertiary/aromatic N) is 4. The van der Waals surface area contributed by atoms with E-state index in [-0.39, 0.29) is 0 Å². The molecule has 78 valence electrons. The van der Waals surface area contributed by atoms with Crippen molar-refractivity contribution in [1.29, 1.82) is 0 Å². The van der Waals surface area contributed by atoms with Gasteiger partial charge in [0.25, 0.3) is 0 Å². The fourth-order valence-electron chi connectivity index (χ4n) is 1.11. The summed E-state index contributed by atoms with van der Waals surface area (Å²) in [7, 11) is 1.84. The first kappa shape index (κ1) is 10.6. The summed E-state index contributed by atoms with van der Waals surface area (Å²) in [5, 5.41) is 9.23. The minimum atomic E-state index is 0.570. The third-order valence-electron chi connectivity index (χ3n) is 1.85. The molecule has 0 saturated heterocycles. The zero-order chi connectivity index (χ0) is 10.8. The predicted octanol–water partition coefficient (Wildman–Crippen LogP) is 3.01. The van der Waals surface area contributed by atoms with Crippen LogP contribution < -0.4 is 4.90 Å². The van der Waals surface area contributed by atoms with Crippen LogP contribution >= 0.6 is 34.7 Å². The molecule has 0 aliphatic rings. The minimum absolute atomic E-state index is 0.570. The first-order chi connectivity index (χ1) is 7.18. The maximum atomic E-state index is 6.05. The van der Waals surface area contributed by atoms with Gasteiger partial charge in [0.15, 0.2) is 0 Å². The molecular formula is C8H6Cl2N4S. The zero-order valence-corrected chi connectivity index (χ0v) is 10.0. The van der Waals surface area contributed by atoms with Crippen molar-refractivity contribution in [1.82, 2.24) is 14.8 Å². The summed E-state index contributed by atoms with van der Waals surface area (Å²) in [4.78, 5) is 1.81. The topological polar surface area (TPSA) is 41.9 Å². The highest BCUT2D eigenvalue weighted by molar-refractivity contribution is 7.09. The van der Waals surface area contributed by atoms with Gasteiger partial charge in [0.05, 0.1) is 10.7 Å². The number of anilines is 2. The Morgan fingerprint density at radius 3 is 2.73 bits per heavy atom. The zero-order valence-electron chi connectivity index (χ0n) is 7.69. The highest BCUT2D eigenvalue weighted by atomic mass is 35.5. The number of hydrogen-bond donors (Lipinski definition) is 0. The van der Waals surface area contributed by atoms with Gasteiger partial charge in [-0.25, -0.2) is 0 Å². The molecular weight excluding hydrogens is 255 g/mol. The van der Waals surface area contributed by atoms with Gasteiger partial charge in [-0.2, -0.15) is 0 Å². The lowest BCUT2D eigenvalue weighted by Crippen LogP contribution is -2.09. The molecule has 0 amide bonds. The lowest BCUT2D eigenvalue weighted by Gasteiger charge is -2.15. The van der Waals surface area contributed by atoms with Crippen LogP contribution in [0, 0.1) is 0 Å². The third-order valence-corrected chi connectivity index (χ3v) is 3.06. The molecule has 0 N–H and O–H groups in total. The first-order valence-electron chi connectivity index (χ1n) is 4.02. The summed E-state index contributed by atoms with van der Waals surface area (Å²) < 4.78 is 3.69. The van der Waals surface area contributed by atoms with E-state index in [2.05, 4.69) is 14.8 Å². The van der Waals surface area contributed by atoms with E-state index in [9.17, 15) is 0 Å². The van der Waals surface area contributed by atoms with Crippen molar-refractivity contribution in [3.8, 4) is 0 Å². The highest BCUT2D eigenvalue weighted by Gasteiger charge is 2.11. The Balaban J connectivity index is 2.38. The fraction of sp³-hybridized carbons (Fsp3) is 0.125. The van der Waals surface area contributed by atoms with E-state index < -0.39 is 0 Å². The average molecular weight is 261 g/mol. The maximum Gasteiger partial charge on any atom is 0.232 e. The van der Waals surface area contributed by atoms with Gasteiger partial charge < -0.3 is 4.90 Å². The van der Waals surface area contributed by atoms with E-state index in [0.29, 0.717) is 15.2 Å². The third kappa shape index (κ3) is 2.19. The van der Waals surface area contributed by atoms with Crippen molar-refractivity contribution in [2.75, 3.05) is 11.9 Å². The summed E-state index contributed by atoms with van der Waals surface area (Å²) in [6.45, 7) is 0. The lowest BCUT2D eigenvalue weighted by molar-refractivity contribution is 0.944. The molecule has 2 aromatic rings. The van der Waals surface area contributed by atoms with E-state index in [1.165, 1.54) is 11.5 Å². The second kappa shape index (κ2) is 4.30. The van der Waals surface area contributed by atoms with Crippen molar-refractivity contribution in [3.05, 3.63) is 28.2 Å². The van der Waals surface area contributed by atoms with Crippen molar-refractivity contribution < 1.29 is 0 Å². The van der Waals surface area contributed by atoms with E-state index >= 15 is 0 Å². The van der Waals surface area contributed by atoms with Crippen LogP contribution in [0.5, 0.6) is 0 Å². The molecule has 0 saturated carbocycles. The van der Waals surface area contributed by atoms with Crippen molar-refractivity contribution in [3.63, 3.8) is 0 Å². The van der Waals surface area contributed by atoms with Gasteiger partial charge >= 0.3 is 0 Å². The summed E-state index contributed by atoms with van der Waals surface area (Å²) in [6, 6.07) is 5.28. The van der Waals surface area contributed by atoms with Crippen LogP contribution in [-0.4, -0.2) is 21.8 Å². The van der Waals surface area contributed by atoms with Gasteiger partial charge in [-0.05, 0) is 23.4 Å². The van der Waals surface area contributed by atoms with Crippen LogP contribution in [0.3, 0.4) is 0 Å². The molecule has 0 radical (unpaired) electrons. The number of benzene rings is 1. The second-order valence-electron chi connectivity index (χ2n) is 2.80. The van der Waals surface area contributed by atoms with E-state index in [1.54, 1.807) is 12.1 Å². The van der Waals surface area contributed by atoms with Crippen LogP contribution in [0.25, 0.3) is 0 Å². The van der Waals surface area contributed by atoms with E-state index in [4.69, 9.17) is 23.2 Å². The first-order valence-corrected chi connectivity index (χ1v) is 5.55. The number of halogens is 2. The normalized spacial score (nSPS) is 10.3. The van der Waals surface area contributed by atoms with Crippen LogP contribution in [0.15, 0.2) is 18.2 Å². The van der Waals surface area contributed by atoms with Gasteiger partial charge in [-0.1, -0.05) is 32.8 Å². The number of aromatic nitrogens is 3. The van der Waals surface area contributed by atoms with Gasteiger partial charge in [-0.15, -0.1) is 0 Å². The fourth-order valence-corrected chi connectivity index (χ4v) is 2.09. The van der Waals surface area contributed by atoms with Crippen LogP contribution in [0.1, 0.15) is 0 Å². The molecule has 0 spiro atoms. The quantitative estimate of drug-likeness (QED) is 0.833. The monoisotopic (exact) mass is 260 g/mol. The van der Waals surface area contributed by atoms with Crippen molar-refractivity contribution in [2.45, 2.75) is 0 Å². The average Bonchev–Trinajstić information content (AvgIpc) is 2.69. The van der Waals surface area contributed by atoms with Gasteiger partial charge in [0.2, 0.25) is 5.13 Å². The van der Waals surface area contributed by atoms with E-state index in [0.717, 1.165) is 5.69 Å². The van der Waals surface area contributed by atoms with Gasteiger partial charge in [0, 0.05) is 23.6 Å². The Bertz CT molecular complexity index is 460. The van der Waals surface area contributed by atoms with Gasteiger partial charge in [-0.3, -0.25) is 0 Å². The minimum Gasteiger partial charge on any atom is -0.317 e. The molecule has 1 aromatic heterocycles. The Hall–Kier alpha value is -0.910. The molecule has 1 aromatic carbocycles. The Morgan fingerprint density at radius 2 is 2.13 bits per heavy atom. The molecule has 0 bridgehead atoms. The highest BCUT2D eigenvalue weighted by Crippen LogP contribution is 2.32. The molecule has 0 fully saturated rings. The molecule has 0 aliphatic heterocycles. The Kier molecular flexibility index (Phi) is 3.04. The predicted molar refractivity (Wildman–Crippen MR) is 62.2 cm³/mol. The largest absolute Gasteiger partial charge is 0.317 e.